The number of carbonyl (C=O) groups excluding carboxylic acids is 1. The van der Waals surface area contributed by atoms with Gasteiger partial charge in [-0.1, -0.05) is 26.0 Å². The maximum Gasteiger partial charge on any atom is 0.258 e. The van der Waals surface area contributed by atoms with E-state index in [-0.39, 0.29) is 5.91 Å². The summed E-state index contributed by atoms with van der Waals surface area (Å²) in [6, 6.07) is 15.4. The molecule has 0 fully saturated rings. The summed E-state index contributed by atoms with van der Waals surface area (Å²) in [5, 5.41) is 0. The van der Waals surface area contributed by atoms with Crippen molar-refractivity contribution in [3.63, 3.8) is 0 Å². The number of nitrogens with zero attached hydrogens (tertiary/aromatic N) is 3. The third kappa shape index (κ3) is 5.16. The number of carbonyl (C=O) groups is 1. The van der Waals surface area contributed by atoms with Gasteiger partial charge in [-0.3, -0.25) is 4.79 Å². The molecule has 29 heavy (non-hydrogen) atoms. The number of methoxy groups -OCH3 is 1. The molecule has 3 aromatic rings. The molecule has 0 aliphatic rings. The summed E-state index contributed by atoms with van der Waals surface area (Å²) in [6.07, 6.45) is 3.49. The first-order valence-electron chi connectivity index (χ1n) is 9.72. The van der Waals surface area contributed by atoms with Gasteiger partial charge in [0.1, 0.15) is 5.75 Å². The van der Waals surface area contributed by atoms with Gasteiger partial charge >= 0.3 is 0 Å². The molecule has 0 saturated carbocycles. The average Bonchev–Trinajstić information content (AvgIpc) is 3.24. The number of rotatable bonds is 8. The highest BCUT2D eigenvalue weighted by Crippen LogP contribution is 2.26. The van der Waals surface area contributed by atoms with Crippen molar-refractivity contribution in [2.75, 3.05) is 30.5 Å². The van der Waals surface area contributed by atoms with Crippen molar-refractivity contribution in [2.45, 2.75) is 20.4 Å². The summed E-state index contributed by atoms with van der Waals surface area (Å²) in [5.41, 5.74) is 3.55. The van der Waals surface area contributed by atoms with Crippen LogP contribution < -0.4 is 14.5 Å². The van der Waals surface area contributed by atoms with Crippen LogP contribution in [0.15, 0.2) is 61.1 Å². The van der Waals surface area contributed by atoms with E-state index in [1.807, 2.05) is 54.5 Å². The van der Waals surface area contributed by atoms with E-state index in [1.165, 1.54) is 0 Å². The predicted molar refractivity (Wildman–Crippen MR) is 117 cm³/mol. The number of nitrogens with one attached hydrogen (secondary N) is 1. The second kappa shape index (κ2) is 9.28. The molecular formula is C23H28N4O2. The SMILES string of the molecule is COc1cccc(C(=O)N(CC(C)C)c2cccc(N(C)Cc3cnc[nH]3)c2)c1. The third-order valence-electron chi connectivity index (χ3n) is 4.65. The molecule has 6 heteroatoms. The summed E-state index contributed by atoms with van der Waals surface area (Å²) < 4.78 is 5.29. The van der Waals surface area contributed by atoms with Crippen LogP contribution in [0.5, 0.6) is 5.75 Å². The van der Waals surface area contributed by atoms with Crippen LogP contribution in [0.25, 0.3) is 0 Å². The standard InChI is InChI=1S/C23H28N4O2/c1-17(2)14-27(23(28)18-7-5-10-22(11-18)29-4)21-9-6-8-20(12-21)26(3)15-19-13-24-16-25-19/h5-13,16-17H,14-15H2,1-4H3,(H,24,25). The molecular weight excluding hydrogens is 364 g/mol. The average molecular weight is 393 g/mol. The van der Waals surface area contributed by atoms with Crippen molar-refractivity contribution in [1.82, 2.24) is 9.97 Å². The van der Waals surface area contributed by atoms with Gasteiger partial charge in [0.2, 0.25) is 0 Å². The minimum absolute atomic E-state index is 0.0361. The molecule has 0 saturated heterocycles. The van der Waals surface area contributed by atoms with Crippen LogP contribution in [-0.2, 0) is 6.54 Å². The fourth-order valence-corrected chi connectivity index (χ4v) is 3.20. The molecule has 1 amide bonds. The van der Waals surface area contributed by atoms with Gasteiger partial charge in [0.05, 0.1) is 25.7 Å². The summed E-state index contributed by atoms with van der Waals surface area (Å²) in [4.78, 5) is 24.5. The Labute approximate surface area is 172 Å². The lowest BCUT2D eigenvalue weighted by Gasteiger charge is -2.27. The third-order valence-corrected chi connectivity index (χ3v) is 4.65. The van der Waals surface area contributed by atoms with Gasteiger partial charge < -0.3 is 19.5 Å². The number of ether oxygens (including phenoxy) is 1. The van der Waals surface area contributed by atoms with E-state index in [9.17, 15) is 4.79 Å². The van der Waals surface area contributed by atoms with E-state index in [0.29, 0.717) is 30.3 Å². The first-order chi connectivity index (χ1) is 14.0. The first kappa shape index (κ1) is 20.5. The van der Waals surface area contributed by atoms with Gasteiger partial charge in [-0.15, -0.1) is 0 Å². The molecule has 0 spiro atoms. The number of amides is 1. The van der Waals surface area contributed by atoms with Crippen LogP contribution in [0.4, 0.5) is 11.4 Å². The van der Waals surface area contributed by atoms with Crippen LogP contribution in [-0.4, -0.2) is 36.6 Å². The highest BCUT2D eigenvalue weighted by molar-refractivity contribution is 6.06. The van der Waals surface area contributed by atoms with Crippen molar-refractivity contribution in [3.8, 4) is 5.75 Å². The second-order valence-corrected chi connectivity index (χ2v) is 7.49. The molecule has 0 aliphatic carbocycles. The van der Waals surface area contributed by atoms with Gasteiger partial charge in [-0.05, 0) is 42.3 Å². The zero-order chi connectivity index (χ0) is 20.8. The normalized spacial score (nSPS) is 10.8. The molecule has 0 unspecified atom stereocenters. The van der Waals surface area contributed by atoms with Crippen molar-refractivity contribution in [1.29, 1.82) is 0 Å². The quantitative estimate of drug-likeness (QED) is 0.619. The van der Waals surface area contributed by atoms with Gasteiger partial charge in [0.15, 0.2) is 0 Å². The molecule has 0 atom stereocenters. The molecule has 6 nitrogen and oxygen atoms in total. The number of imidazole rings is 1. The van der Waals surface area contributed by atoms with Crippen molar-refractivity contribution in [2.24, 2.45) is 5.92 Å². The van der Waals surface area contributed by atoms with Crippen LogP contribution >= 0.6 is 0 Å². The Balaban J connectivity index is 1.89. The zero-order valence-electron chi connectivity index (χ0n) is 17.4. The van der Waals surface area contributed by atoms with E-state index in [1.54, 1.807) is 19.5 Å². The van der Waals surface area contributed by atoms with Crippen LogP contribution in [0.1, 0.15) is 29.9 Å². The maximum absolute atomic E-state index is 13.3. The number of hydrogen-bond acceptors (Lipinski definition) is 4. The Bertz CT molecular complexity index is 938. The fraction of sp³-hybridized carbons (Fsp3) is 0.304. The number of hydrogen-bond donors (Lipinski definition) is 1. The Hall–Kier alpha value is -3.28. The molecule has 1 aromatic heterocycles. The van der Waals surface area contributed by atoms with E-state index in [0.717, 1.165) is 17.1 Å². The highest BCUT2D eigenvalue weighted by Gasteiger charge is 2.20. The Morgan fingerprint density at radius 3 is 2.59 bits per heavy atom. The molecule has 0 radical (unpaired) electrons. The number of anilines is 2. The summed E-state index contributed by atoms with van der Waals surface area (Å²) in [7, 11) is 3.63. The molecule has 0 bridgehead atoms. The fourth-order valence-electron chi connectivity index (χ4n) is 3.20. The molecule has 152 valence electrons. The minimum Gasteiger partial charge on any atom is -0.497 e. The lowest BCUT2D eigenvalue weighted by Crippen LogP contribution is -2.34. The lowest BCUT2D eigenvalue weighted by atomic mass is 10.1. The predicted octanol–water partition coefficient (Wildman–Crippen LogP) is 4.36. The lowest BCUT2D eigenvalue weighted by molar-refractivity contribution is 0.0983. The van der Waals surface area contributed by atoms with Gasteiger partial charge in [-0.2, -0.15) is 0 Å². The van der Waals surface area contributed by atoms with E-state index in [2.05, 4.69) is 34.8 Å². The van der Waals surface area contributed by atoms with Gasteiger partial charge in [0.25, 0.3) is 5.91 Å². The Kier molecular flexibility index (Phi) is 6.54. The second-order valence-electron chi connectivity index (χ2n) is 7.49. The van der Waals surface area contributed by atoms with Crippen molar-refractivity contribution >= 4 is 17.3 Å². The Morgan fingerprint density at radius 1 is 1.14 bits per heavy atom. The monoisotopic (exact) mass is 392 g/mol. The molecule has 3 rings (SSSR count). The van der Waals surface area contributed by atoms with Gasteiger partial charge in [0, 0.05) is 36.7 Å². The number of H-pyrrole nitrogens is 1. The van der Waals surface area contributed by atoms with E-state index >= 15 is 0 Å². The highest BCUT2D eigenvalue weighted by atomic mass is 16.5. The molecule has 1 heterocycles. The van der Waals surface area contributed by atoms with Crippen LogP contribution in [0.3, 0.4) is 0 Å². The molecule has 2 aromatic carbocycles. The largest absolute Gasteiger partial charge is 0.497 e. The minimum atomic E-state index is -0.0361. The topological polar surface area (TPSA) is 61.5 Å². The summed E-state index contributed by atoms with van der Waals surface area (Å²) in [6.45, 7) is 5.56. The first-order valence-corrected chi connectivity index (χ1v) is 9.72. The number of benzene rings is 2. The Morgan fingerprint density at radius 2 is 1.90 bits per heavy atom. The summed E-state index contributed by atoms with van der Waals surface area (Å²) in [5.74, 6) is 0.968. The summed E-state index contributed by atoms with van der Waals surface area (Å²) >= 11 is 0. The molecule has 1 N–H and O–H groups in total. The van der Waals surface area contributed by atoms with E-state index in [4.69, 9.17) is 4.74 Å². The zero-order valence-corrected chi connectivity index (χ0v) is 17.4. The van der Waals surface area contributed by atoms with Crippen LogP contribution in [0, 0.1) is 5.92 Å². The van der Waals surface area contributed by atoms with Gasteiger partial charge in [-0.25, -0.2) is 4.98 Å². The van der Waals surface area contributed by atoms with Crippen molar-refractivity contribution in [3.05, 3.63) is 72.3 Å². The molecule has 0 aliphatic heterocycles. The van der Waals surface area contributed by atoms with E-state index < -0.39 is 0 Å². The smallest absolute Gasteiger partial charge is 0.258 e. The number of aromatic nitrogens is 2. The number of aromatic amines is 1. The van der Waals surface area contributed by atoms with Crippen molar-refractivity contribution < 1.29 is 9.53 Å². The van der Waals surface area contributed by atoms with Crippen LogP contribution in [0.2, 0.25) is 0 Å². The maximum atomic E-state index is 13.3.